The van der Waals surface area contributed by atoms with E-state index in [-0.39, 0.29) is 5.78 Å². The molecule has 0 unspecified atom stereocenters. The second-order valence-electron chi connectivity index (χ2n) is 2.58. The van der Waals surface area contributed by atoms with Gasteiger partial charge in [0.25, 0.3) is 0 Å². The van der Waals surface area contributed by atoms with Crippen LogP contribution in [0.15, 0.2) is 21.6 Å². The van der Waals surface area contributed by atoms with E-state index >= 15 is 0 Å². The fraction of sp³-hybridized carbons (Fsp3) is 0.375. The molecule has 0 saturated carbocycles. The minimum absolute atomic E-state index is 0.161. The number of carbonyl (C=O) groups excluding carboxylic acids is 1. The minimum Gasteiger partial charge on any atom is -0.292 e. The van der Waals surface area contributed by atoms with Crippen molar-refractivity contribution < 1.29 is 4.79 Å². The van der Waals surface area contributed by atoms with E-state index < -0.39 is 0 Å². The number of fused-ring (bicyclic) bond motifs is 1. The average molecular weight is 148 g/mol. The Morgan fingerprint density at radius 1 is 1.45 bits per heavy atom. The van der Waals surface area contributed by atoms with Gasteiger partial charge in [-0.25, -0.2) is 0 Å². The molecule has 0 spiro atoms. The molecule has 0 saturated heterocycles. The lowest BCUT2D eigenvalue weighted by atomic mass is 9.96. The molecule has 1 aliphatic heterocycles. The van der Waals surface area contributed by atoms with Crippen molar-refractivity contribution >= 4 is 17.7 Å². The molecule has 0 bridgehead atoms. The summed E-state index contributed by atoms with van der Waals surface area (Å²) in [7, 11) is 0. The van der Waals surface area contributed by atoms with Crippen molar-refractivity contribution in [3.63, 3.8) is 0 Å². The maximum absolute atomic E-state index is 11.2. The maximum Gasteiger partial charge on any atom is 0.181 e. The standard InChI is InChI=1S/C8H8N2O/c11-7-3-1-2-6-4-9-5-10-8(6)7/h2,4H,1,3,5H2. The van der Waals surface area contributed by atoms with Gasteiger partial charge in [-0.3, -0.25) is 14.8 Å². The van der Waals surface area contributed by atoms with Crippen LogP contribution in [0.25, 0.3) is 0 Å². The van der Waals surface area contributed by atoms with Gasteiger partial charge in [-0.2, -0.15) is 0 Å². The number of ketones is 1. The fourth-order valence-corrected chi connectivity index (χ4v) is 1.28. The highest BCUT2D eigenvalue weighted by molar-refractivity contribution is 6.51. The van der Waals surface area contributed by atoms with Crippen LogP contribution in [-0.4, -0.2) is 24.4 Å². The zero-order valence-corrected chi connectivity index (χ0v) is 6.08. The molecule has 0 radical (unpaired) electrons. The summed E-state index contributed by atoms with van der Waals surface area (Å²) in [6.45, 7) is 0.415. The summed E-state index contributed by atoms with van der Waals surface area (Å²) in [4.78, 5) is 19.2. The lowest BCUT2D eigenvalue weighted by Gasteiger charge is -2.13. The van der Waals surface area contributed by atoms with Crippen molar-refractivity contribution in [1.29, 1.82) is 0 Å². The molecule has 0 N–H and O–H groups in total. The van der Waals surface area contributed by atoms with Gasteiger partial charge >= 0.3 is 0 Å². The van der Waals surface area contributed by atoms with Gasteiger partial charge in [0.15, 0.2) is 5.78 Å². The molecule has 1 heterocycles. The first-order chi connectivity index (χ1) is 5.38. The Balaban J connectivity index is 2.41. The SMILES string of the molecule is O=C1CCC=C2C=NCN=C12. The van der Waals surface area contributed by atoms with Crippen molar-refractivity contribution in [1.82, 2.24) is 0 Å². The van der Waals surface area contributed by atoms with Gasteiger partial charge in [0.2, 0.25) is 0 Å². The van der Waals surface area contributed by atoms with E-state index in [0.29, 0.717) is 18.8 Å². The van der Waals surface area contributed by atoms with Gasteiger partial charge in [0, 0.05) is 18.2 Å². The molecule has 0 atom stereocenters. The Hall–Kier alpha value is -1.25. The molecule has 11 heavy (non-hydrogen) atoms. The number of hydrogen-bond acceptors (Lipinski definition) is 3. The lowest BCUT2D eigenvalue weighted by Crippen LogP contribution is -2.23. The molecule has 2 rings (SSSR count). The van der Waals surface area contributed by atoms with E-state index in [9.17, 15) is 4.79 Å². The highest BCUT2D eigenvalue weighted by Crippen LogP contribution is 2.13. The zero-order valence-electron chi connectivity index (χ0n) is 6.08. The van der Waals surface area contributed by atoms with Crippen LogP contribution in [0.1, 0.15) is 12.8 Å². The molecule has 0 aromatic heterocycles. The van der Waals surface area contributed by atoms with E-state index in [2.05, 4.69) is 9.98 Å². The first-order valence-electron chi connectivity index (χ1n) is 3.66. The largest absolute Gasteiger partial charge is 0.292 e. The van der Waals surface area contributed by atoms with Gasteiger partial charge in [-0.1, -0.05) is 6.08 Å². The Kier molecular flexibility index (Phi) is 1.42. The first kappa shape index (κ1) is 6.46. The summed E-state index contributed by atoms with van der Waals surface area (Å²) in [5.74, 6) is 0.161. The number of nitrogens with zero attached hydrogens (tertiary/aromatic N) is 2. The predicted octanol–water partition coefficient (Wildman–Crippen LogP) is 0.759. The normalized spacial score (nSPS) is 22.4. The molecule has 56 valence electrons. The van der Waals surface area contributed by atoms with Crippen molar-refractivity contribution in [3.8, 4) is 0 Å². The number of Topliss-reactive ketones (excluding diaryl/α,β-unsaturated/α-hetero) is 1. The van der Waals surface area contributed by atoms with Crippen LogP contribution in [0, 0.1) is 0 Å². The molecule has 0 aromatic rings. The van der Waals surface area contributed by atoms with Crippen LogP contribution < -0.4 is 0 Å². The number of allylic oxidation sites excluding steroid dienone is 2. The van der Waals surface area contributed by atoms with E-state index in [0.717, 1.165) is 12.0 Å². The lowest BCUT2D eigenvalue weighted by molar-refractivity contribution is -0.113. The number of carbonyl (C=O) groups is 1. The second kappa shape index (κ2) is 2.42. The summed E-state index contributed by atoms with van der Waals surface area (Å²) in [6.07, 6.45) is 5.19. The molecule has 3 nitrogen and oxygen atoms in total. The predicted molar refractivity (Wildman–Crippen MR) is 43.1 cm³/mol. The molecule has 0 aromatic carbocycles. The van der Waals surface area contributed by atoms with Gasteiger partial charge in [-0.15, -0.1) is 0 Å². The van der Waals surface area contributed by atoms with Crippen LogP contribution in [0.4, 0.5) is 0 Å². The van der Waals surface area contributed by atoms with Crippen molar-refractivity contribution in [2.24, 2.45) is 9.98 Å². The fourth-order valence-electron chi connectivity index (χ4n) is 1.28. The van der Waals surface area contributed by atoms with Crippen LogP contribution >= 0.6 is 0 Å². The second-order valence-corrected chi connectivity index (χ2v) is 2.58. The molecule has 3 heteroatoms. The van der Waals surface area contributed by atoms with E-state index in [4.69, 9.17) is 0 Å². The third-order valence-electron chi connectivity index (χ3n) is 1.81. The first-order valence-corrected chi connectivity index (χ1v) is 3.66. The highest BCUT2D eigenvalue weighted by Gasteiger charge is 2.19. The van der Waals surface area contributed by atoms with E-state index in [1.807, 2.05) is 6.08 Å². The Bertz CT molecular complexity index is 286. The summed E-state index contributed by atoms with van der Waals surface area (Å²) in [6, 6.07) is 0. The maximum atomic E-state index is 11.2. The van der Waals surface area contributed by atoms with Gasteiger partial charge in [0.05, 0.1) is 0 Å². The smallest absolute Gasteiger partial charge is 0.181 e. The minimum atomic E-state index is 0.161. The third kappa shape index (κ3) is 1.02. The van der Waals surface area contributed by atoms with Crippen molar-refractivity contribution in [2.45, 2.75) is 12.8 Å². The molecular formula is C8H8N2O. The molecule has 2 aliphatic rings. The third-order valence-corrected chi connectivity index (χ3v) is 1.81. The average Bonchev–Trinajstić information content (AvgIpc) is 2.06. The highest BCUT2D eigenvalue weighted by atomic mass is 16.1. The summed E-state index contributed by atoms with van der Waals surface area (Å²) >= 11 is 0. The topological polar surface area (TPSA) is 41.8 Å². The van der Waals surface area contributed by atoms with Crippen molar-refractivity contribution in [2.75, 3.05) is 6.67 Å². The number of rotatable bonds is 0. The molecule has 0 amide bonds. The van der Waals surface area contributed by atoms with Gasteiger partial charge in [-0.05, 0) is 6.42 Å². The molecule has 1 aliphatic carbocycles. The Morgan fingerprint density at radius 3 is 3.18 bits per heavy atom. The summed E-state index contributed by atoms with van der Waals surface area (Å²) in [5, 5.41) is 0. The van der Waals surface area contributed by atoms with E-state index in [1.54, 1.807) is 6.21 Å². The van der Waals surface area contributed by atoms with Crippen molar-refractivity contribution in [3.05, 3.63) is 11.6 Å². The van der Waals surface area contributed by atoms with Gasteiger partial charge in [0.1, 0.15) is 12.4 Å². The van der Waals surface area contributed by atoms with Crippen LogP contribution in [-0.2, 0) is 4.79 Å². The van der Waals surface area contributed by atoms with E-state index in [1.165, 1.54) is 0 Å². The number of hydrogen-bond donors (Lipinski definition) is 0. The number of aliphatic imine (C=N–C) groups is 2. The van der Waals surface area contributed by atoms with Crippen LogP contribution in [0.2, 0.25) is 0 Å². The molecular weight excluding hydrogens is 140 g/mol. The zero-order chi connectivity index (χ0) is 7.68. The quantitative estimate of drug-likeness (QED) is 0.500. The Labute approximate surface area is 64.5 Å². The summed E-state index contributed by atoms with van der Waals surface area (Å²) < 4.78 is 0. The van der Waals surface area contributed by atoms with Crippen LogP contribution in [0.5, 0.6) is 0 Å². The monoisotopic (exact) mass is 148 g/mol. The van der Waals surface area contributed by atoms with Crippen LogP contribution in [0.3, 0.4) is 0 Å². The molecule has 0 fully saturated rings. The Morgan fingerprint density at radius 2 is 2.36 bits per heavy atom. The summed E-state index contributed by atoms with van der Waals surface area (Å²) in [5.41, 5.74) is 1.54. The van der Waals surface area contributed by atoms with Gasteiger partial charge < -0.3 is 0 Å².